The number of benzene rings is 1. The first-order valence-electron chi connectivity index (χ1n) is 8.54. The Kier molecular flexibility index (Phi) is 5.23. The van der Waals surface area contributed by atoms with E-state index >= 15 is 0 Å². The summed E-state index contributed by atoms with van der Waals surface area (Å²) < 4.78 is 18.4. The number of carbonyl (C=O) groups excluding carboxylic acids is 1. The number of nitrogens with zero attached hydrogens (tertiary/aromatic N) is 3. The van der Waals surface area contributed by atoms with E-state index in [1.165, 1.54) is 12.1 Å². The molecule has 1 aliphatic heterocycles. The maximum atomic E-state index is 13.0. The molecule has 2 aromatic rings. The Morgan fingerprint density at radius 2 is 2.00 bits per heavy atom. The molecule has 2 heterocycles. The summed E-state index contributed by atoms with van der Waals surface area (Å²) in [5.74, 6) is 1.22. The third-order valence-electron chi connectivity index (χ3n) is 4.49. The van der Waals surface area contributed by atoms with Crippen molar-refractivity contribution >= 4 is 5.91 Å². The second-order valence-electron chi connectivity index (χ2n) is 6.22. The molecule has 1 fully saturated rings. The Labute approximate surface area is 140 Å². The molecule has 1 aliphatic rings. The van der Waals surface area contributed by atoms with Gasteiger partial charge in [-0.3, -0.25) is 4.79 Å². The zero-order valence-electron chi connectivity index (χ0n) is 13.9. The van der Waals surface area contributed by atoms with Crippen molar-refractivity contribution in [3.8, 4) is 11.4 Å². The van der Waals surface area contributed by atoms with Gasteiger partial charge in [-0.2, -0.15) is 4.98 Å². The van der Waals surface area contributed by atoms with E-state index in [2.05, 4.69) is 17.1 Å². The van der Waals surface area contributed by atoms with Crippen molar-refractivity contribution in [1.29, 1.82) is 0 Å². The molecule has 0 N–H and O–H groups in total. The van der Waals surface area contributed by atoms with Gasteiger partial charge in [0.25, 0.3) is 0 Å². The molecule has 0 radical (unpaired) electrons. The molecular weight excluding hydrogens is 309 g/mol. The molecule has 0 spiro atoms. The molecule has 128 valence electrons. The highest BCUT2D eigenvalue weighted by atomic mass is 19.1. The van der Waals surface area contributed by atoms with Crippen molar-refractivity contribution in [3.63, 3.8) is 0 Å². The second-order valence-corrected chi connectivity index (χ2v) is 6.22. The molecule has 0 atom stereocenters. The summed E-state index contributed by atoms with van der Waals surface area (Å²) in [6.07, 6.45) is 4.29. The molecule has 0 unspecified atom stereocenters. The van der Waals surface area contributed by atoms with Crippen molar-refractivity contribution in [3.05, 3.63) is 36.0 Å². The summed E-state index contributed by atoms with van der Waals surface area (Å²) in [4.78, 5) is 18.4. The van der Waals surface area contributed by atoms with E-state index in [1.807, 2.05) is 4.90 Å². The second kappa shape index (κ2) is 7.55. The summed E-state index contributed by atoms with van der Waals surface area (Å²) in [5.41, 5.74) is 0.735. The first-order chi connectivity index (χ1) is 11.7. The number of piperidine rings is 1. The lowest BCUT2D eigenvalue weighted by Gasteiger charge is -2.30. The number of likely N-dealkylation sites (tertiary alicyclic amines) is 1. The number of halogens is 1. The monoisotopic (exact) mass is 331 g/mol. The van der Waals surface area contributed by atoms with E-state index in [0.717, 1.165) is 44.3 Å². The summed E-state index contributed by atoms with van der Waals surface area (Å²) in [5, 5.41) is 4.00. The number of amides is 1. The van der Waals surface area contributed by atoms with Gasteiger partial charge in [-0.1, -0.05) is 18.5 Å². The molecular formula is C18H22FN3O2. The first-order valence-corrected chi connectivity index (χ1v) is 8.54. The van der Waals surface area contributed by atoms with Crippen LogP contribution in [0.4, 0.5) is 4.39 Å². The van der Waals surface area contributed by atoms with Gasteiger partial charge < -0.3 is 9.42 Å². The maximum Gasteiger partial charge on any atom is 0.230 e. The maximum absolute atomic E-state index is 13.0. The standard InChI is InChI=1S/C18H22FN3O2/c1-2-3-4-16(23)22-11-9-14(10-12-22)18-20-17(21-24-18)13-5-7-15(19)8-6-13/h5-8,14H,2-4,9-12H2,1H3. The van der Waals surface area contributed by atoms with E-state index in [0.29, 0.717) is 18.1 Å². The van der Waals surface area contributed by atoms with E-state index in [4.69, 9.17) is 4.52 Å². The molecule has 0 bridgehead atoms. The molecule has 3 rings (SSSR count). The Morgan fingerprint density at radius 3 is 2.67 bits per heavy atom. The van der Waals surface area contributed by atoms with Crippen LogP contribution in [-0.4, -0.2) is 34.0 Å². The third kappa shape index (κ3) is 3.80. The quantitative estimate of drug-likeness (QED) is 0.837. The Morgan fingerprint density at radius 1 is 1.29 bits per heavy atom. The van der Waals surface area contributed by atoms with Crippen molar-refractivity contribution in [2.45, 2.75) is 44.9 Å². The van der Waals surface area contributed by atoms with Gasteiger partial charge in [-0.05, 0) is 43.5 Å². The van der Waals surface area contributed by atoms with Crippen molar-refractivity contribution in [1.82, 2.24) is 15.0 Å². The van der Waals surface area contributed by atoms with Crippen LogP contribution < -0.4 is 0 Å². The van der Waals surface area contributed by atoms with Crippen LogP contribution in [0.3, 0.4) is 0 Å². The Hall–Kier alpha value is -2.24. The molecule has 1 saturated heterocycles. The molecule has 1 amide bonds. The van der Waals surface area contributed by atoms with Gasteiger partial charge in [0.15, 0.2) is 0 Å². The molecule has 0 aliphatic carbocycles. The first kappa shape index (κ1) is 16.6. The van der Waals surface area contributed by atoms with Gasteiger partial charge in [-0.25, -0.2) is 4.39 Å². The van der Waals surface area contributed by atoms with Crippen LogP contribution >= 0.6 is 0 Å². The fraction of sp³-hybridized carbons (Fsp3) is 0.500. The fourth-order valence-electron chi connectivity index (χ4n) is 2.98. The van der Waals surface area contributed by atoms with Crippen molar-refractivity contribution in [2.75, 3.05) is 13.1 Å². The number of unbranched alkanes of at least 4 members (excludes halogenated alkanes) is 1. The molecule has 1 aromatic carbocycles. The SMILES string of the molecule is CCCCC(=O)N1CCC(c2nc(-c3ccc(F)cc3)no2)CC1. The van der Waals surface area contributed by atoms with Crippen LogP contribution in [0.25, 0.3) is 11.4 Å². The summed E-state index contributed by atoms with van der Waals surface area (Å²) in [7, 11) is 0. The highest BCUT2D eigenvalue weighted by molar-refractivity contribution is 5.76. The predicted octanol–water partition coefficient (Wildman–Crippen LogP) is 3.77. The predicted molar refractivity (Wildman–Crippen MR) is 87.8 cm³/mol. The smallest absolute Gasteiger partial charge is 0.230 e. The summed E-state index contributed by atoms with van der Waals surface area (Å²) in [6, 6.07) is 6.04. The number of rotatable bonds is 5. The minimum atomic E-state index is -0.289. The number of carbonyl (C=O) groups is 1. The Bertz CT molecular complexity index is 676. The van der Waals surface area contributed by atoms with Gasteiger partial charge in [-0.15, -0.1) is 0 Å². The van der Waals surface area contributed by atoms with Gasteiger partial charge >= 0.3 is 0 Å². The van der Waals surface area contributed by atoms with Crippen LogP contribution in [0.2, 0.25) is 0 Å². The topological polar surface area (TPSA) is 59.2 Å². The number of hydrogen-bond acceptors (Lipinski definition) is 4. The average Bonchev–Trinajstić information content (AvgIpc) is 3.10. The zero-order chi connectivity index (χ0) is 16.9. The van der Waals surface area contributed by atoms with Crippen LogP contribution in [-0.2, 0) is 4.79 Å². The molecule has 1 aromatic heterocycles. The van der Waals surface area contributed by atoms with Crippen LogP contribution in [0.5, 0.6) is 0 Å². The fourth-order valence-corrected chi connectivity index (χ4v) is 2.98. The molecule has 6 heteroatoms. The largest absolute Gasteiger partial charge is 0.343 e. The molecule has 0 saturated carbocycles. The van der Waals surface area contributed by atoms with Crippen LogP contribution in [0.1, 0.15) is 50.8 Å². The van der Waals surface area contributed by atoms with Gasteiger partial charge in [0.05, 0.1) is 0 Å². The molecule has 5 nitrogen and oxygen atoms in total. The third-order valence-corrected chi connectivity index (χ3v) is 4.49. The van der Waals surface area contributed by atoms with Crippen LogP contribution in [0.15, 0.2) is 28.8 Å². The van der Waals surface area contributed by atoms with Crippen molar-refractivity contribution < 1.29 is 13.7 Å². The van der Waals surface area contributed by atoms with Gasteiger partial charge in [0.2, 0.25) is 17.6 Å². The molecule has 24 heavy (non-hydrogen) atoms. The number of hydrogen-bond donors (Lipinski definition) is 0. The lowest BCUT2D eigenvalue weighted by atomic mass is 9.96. The lowest BCUT2D eigenvalue weighted by Crippen LogP contribution is -2.37. The average molecular weight is 331 g/mol. The van der Waals surface area contributed by atoms with E-state index < -0.39 is 0 Å². The minimum Gasteiger partial charge on any atom is -0.343 e. The number of aromatic nitrogens is 2. The Balaban J connectivity index is 1.59. The van der Waals surface area contributed by atoms with Crippen molar-refractivity contribution in [2.24, 2.45) is 0 Å². The minimum absolute atomic E-state index is 0.182. The van der Waals surface area contributed by atoms with Gasteiger partial charge in [0.1, 0.15) is 5.82 Å². The summed E-state index contributed by atoms with van der Waals surface area (Å²) in [6.45, 7) is 3.57. The van der Waals surface area contributed by atoms with E-state index in [9.17, 15) is 9.18 Å². The zero-order valence-corrected chi connectivity index (χ0v) is 13.9. The highest BCUT2D eigenvalue weighted by Gasteiger charge is 2.27. The van der Waals surface area contributed by atoms with E-state index in [-0.39, 0.29) is 17.6 Å². The lowest BCUT2D eigenvalue weighted by molar-refractivity contribution is -0.132. The van der Waals surface area contributed by atoms with E-state index in [1.54, 1.807) is 12.1 Å². The van der Waals surface area contributed by atoms with Gasteiger partial charge in [0, 0.05) is 31.0 Å². The normalized spacial score (nSPS) is 15.7. The van der Waals surface area contributed by atoms with Crippen LogP contribution in [0, 0.1) is 5.82 Å². The summed E-state index contributed by atoms with van der Waals surface area (Å²) >= 11 is 0. The highest BCUT2D eigenvalue weighted by Crippen LogP contribution is 2.28.